The molecule has 0 bridgehead atoms. The van der Waals surface area contributed by atoms with Gasteiger partial charge in [-0.25, -0.2) is 8.42 Å². The van der Waals surface area contributed by atoms with Crippen molar-refractivity contribution in [3.05, 3.63) is 29.8 Å². The zero-order chi connectivity index (χ0) is 15.7. The molecule has 1 aliphatic heterocycles. The molecule has 1 saturated heterocycles. The number of sulfonamides is 1. The molecule has 1 heterocycles. The summed E-state index contributed by atoms with van der Waals surface area (Å²) in [5.74, 6) is 0.370. The van der Waals surface area contributed by atoms with Crippen LogP contribution in [-0.4, -0.2) is 31.1 Å². The first-order valence-electron chi connectivity index (χ1n) is 6.49. The molecule has 0 radical (unpaired) electrons. The fourth-order valence-corrected chi connectivity index (χ4v) is 4.70. The van der Waals surface area contributed by atoms with Crippen molar-refractivity contribution >= 4 is 26.0 Å². The smallest absolute Gasteiger partial charge is 0.207 e. The Morgan fingerprint density at radius 3 is 2.29 bits per heavy atom. The van der Waals surface area contributed by atoms with Crippen LogP contribution < -0.4 is 0 Å². The van der Waals surface area contributed by atoms with Gasteiger partial charge in [-0.1, -0.05) is 28.1 Å². The minimum absolute atomic E-state index is 0.255. The Morgan fingerprint density at radius 2 is 1.76 bits per heavy atom. The number of hydrogen-bond donors (Lipinski definition) is 0. The first-order valence-corrected chi connectivity index (χ1v) is 9.05. The average Bonchev–Trinajstić information content (AvgIpc) is 2.46. The van der Waals surface area contributed by atoms with Crippen LogP contribution in [0.3, 0.4) is 0 Å². The molecule has 118 valence electrons. The van der Waals surface area contributed by atoms with E-state index in [1.165, 1.54) is 12.1 Å². The lowest BCUT2D eigenvalue weighted by Gasteiger charge is -2.31. The first kappa shape index (κ1) is 16.8. The van der Waals surface area contributed by atoms with Crippen molar-refractivity contribution in [1.29, 1.82) is 0 Å². The molecule has 1 fully saturated rings. The van der Waals surface area contributed by atoms with Gasteiger partial charge in [-0.05, 0) is 30.9 Å². The van der Waals surface area contributed by atoms with Crippen LogP contribution in [0.15, 0.2) is 29.2 Å². The van der Waals surface area contributed by atoms with E-state index in [0.717, 1.165) is 21.8 Å². The molecule has 2 rings (SSSR count). The predicted molar refractivity (Wildman–Crippen MR) is 76.7 cm³/mol. The van der Waals surface area contributed by atoms with E-state index < -0.39 is 26.7 Å². The van der Waals surface area contributed by atoms with Gasteiger partial charge in [-0.3, -0.25) is 0 Å². The minimum atomic E-state index is -4.68. The van der Waals surface area contributed by atoms with E-state index in [-0.39, 0.29) is 13.1 Å². The topological polar surface area (TPSA) is 37.4 Å². The molecule has 0 spiro atoms. The minimum Gasteiger partial charge on any atom is -0.207 e. The van der Waals surface area contributed by atoms with Gasteiger partial charge in [-0.15, -0.1) is 0 Å². The molecule has 1 aromatic rings. The Bertz CT molecular complexity index is 596. The Kier molecular flexibility index (Phi) is 4.99. The van der Waals surface area contributed by atoms with Crippen LogP contribution in [0.2, 0.25) is 0 Å². The van der Waals surface area contributed by atoms with Gasteiger partial charge in [0.1, 0.15) is 0 Å². The fraction of sp³-hybridized carbons (Fsp3) is 0.538. The van der Waals surface area contributed by atoms with Gasteiger partial charge >= 0.3 is 6.18 Å². The van der Waals surface area contributed by atoms with Gasteiger partial charge in [-0.2, -0.15) is 17.5 Å². The molecule has 3 nitrogen and oxygen atoms in total. The number of nitrogens with zero attached hydrogens (tertiary/aromatic N) is 1. The van der Waals surface area contributed by atoms with Crippen molar-refractivity contribution in [1.82, 2.24) is 4.31 Å². The number of halogens is 4. The summed E-state index contributed by atoms with van der Waals surface area (Å²) in [6, 6.07) is 4.33. The monoisotopic (exact) mass is 385 g/mol. The fourth-order valence-electron chi connectivity index (χ4n) is 2.37. The van der Waals surface area contributed by atoms with E-state index >= 15 is 0 Å². The largest absolute Gasteiger partial charge is 0.417 e. The second-order valence-electron chi connectivity index (χ2n) is 5.00. The molecule has 0 unspecified atom stereocenters. The van der Waals surface area contributed by atoms with E-state index in [1.807, 2.05) is 0 Å². The zero-order valence-electron chi connectivity index (χ0n) is 11.1. The predicted octanol–water partition coefficient (Wildman–Crippen LogP) is 3.50. The highest BCUT2D eigenvalue weighted by atomic mass is 79.9. The molecule has 0 aliphatic carbocycles. The maximum absolute atomic E-state index is 13.0. The molecule has 21 heavy (non-hydrogen) atoms. The van der Waals surface area contributed by atoms with Crippen molar-refractivity contribution in [2.45, 2.75) is 23.9 Å². The van der Waals surface area contributed by atoms with Crippen LogP contribution in [0.1, 0.15) is 18.4 Å². The lowest BCUT2D eigenvalue weighted by molar-refractivity contribution is -0.139. The number of alkyl halides is 4. The molecule has 0 saturated carbocycles. The van der Waals surface area contributed by atoms with E-state index in [9.17, 15) is 21.6 Å². The highest BCUT2D eigenvalue weighted by molar-refractivity contribution is 9.09. The second kappa shape index (κ2) is 6.26. The van der Waals surface area contributed by atoms with Crippen LogP contribution in [0.5, 0.6) is 0 Å². The van der Waals surface area contributed by atoms with E-state index in [2.05, 4.69) is 15.9 Å². The average molecular weight is 386 g/mol. The summed E-state index contributed by atoms with van der Waals surface area (Å²) in [6.45, 7) is 0.510. The molecule has 0 N–H and O–H groups in total. The molecular formula is C13H15BrF3NO2S. The maximum atomic E-state index is 13.0. The van der Waals surface area contributed by atoms with Crippen molar-refractivity contribution in [3.63, 3.8) is 0 Å². The van der Waals surface area contributed by atoms with Crippen LogP contribution in [0.25, 0.3) is 0 Å². The van der Waals surface area contributed by atoms with E-state index in [0.29, 0.717) is 18.8 Å². The maximum Gasteiger partial charge on any atom is 0.417 e. The normalized spacial score (nSPS) is 18.9. The number of benzene rings is 1. The third-order valence-electron chi connectivity index (χ3n) is 3.60. The third-order valence-corrected chi connectivity index (χ3v) is 6.47. The van der Waals surface area contributed by atoms with Crippen LogP contribution in [0.4, 0.5) is 13.2 Å². The summed E-state index contributed by atoms with van der Waals surface area (Å²) in [6.07, 6.45) is -3.38. The molecule has 8 heteroatoms. The van der Waals surface area contributed by atoms with Gasteiger partial charge in [0.15, 0.2) is 0 Å². The highest BCUT2D eigenvalue weighted by Crippen LogP contribution is 2.36. The Morgan fingerprint density at radius 1 is 1.19 bits per heavy atom. The third kappa shape index (κ3) is 3.60. The van der Waals surface area contributed by atoms with Gasteiger partial charge in [0.25, 0.3) is 0 Å². The van der Waals surface area contributed by atoms with Gasteiger partial charge < -0.3 is 0 Å². The van der Waals surface area contributed by atoms with Crippen molar-refractivity contribution in [2.24, 2.45) is 5.92 Å². The standard InChI is InChI=1S/C13H15BrF3NO2S/c14-9-10-5-7-18(8-6-10)21(19,20)12-4-2-1-3-11(12)13(15,16)17/h1-4,10H,5-9H2. The number of piperidine rings is 1. The lowest BCUT2D eigenvalue weighted by atomic mass is 10.0. The van der Waals surface area contributed by atoms with E-state index in [1.54, 1.807) is 0 Å². The Hall–Kier alpha value is -0.600. The lowest BCUT2D eigenvalue weighted by Crippen LogP contribution is -2.39. The molecule has 0 atom stereocenters. The Labute approximate surface area is 130 Å². The molecule has 0 amide bonds. The molecule has 1 aliphatic rings. The summed E-state index contributed by atoms with van der Waals surface area (Å²) in [7, 11) is -4.11. The number of hydrogen-bond acceptors (Lipinski definition) is 2. The molecular weight excluding hydrogens is 371 g/mol. The first-order chi connectivity index (χ1) is 9.76. The molecule has 0 aromatic heterocycles. The summed E-state index contributed by atoms with van der Waals surface area (Å²) in [4.78, 5) is -0.658. The zero-order valence-corrected chi connectivity index (χ0v) is 13.5. The van der Waals surface area contributed by atoms with Crippen molar-refractivity contribution in [3.8, 4) is 0 Å². The molecule has 1 aromatic carbocycles. The van der Waals surface area contributed by atoms with Crippen molar-refractivity contribution in [2.75, 3.05) is 18.4 Å². The second-order valence-corrected chi connectivity index (χ2v) is 7.55. The van der Waals surface area contributed by atoms with E-state index in [4.69, 9.17) is 0 Å². The SMILES string of the molecule is O=S(=O)(c1ccccc1C(F)(F)F)N1CCC(CBr)CC1. The summed E-state index contributed by atoms with van der Waals surface area (Å²) >= 11 is 3.35. The van der Waals surface area contributed by atoms with Crippen LogP contribution in [-0.2, 0) is 16.2 Å². The van der Waals surface area contributed by atoms with Crippen LogP contribution in [0, 0.1) is 5.92 Å². The summed E-state index contributed by atoms with van der Waals surface area (Å²) in [5.41, 5.74) is -1.10. The highest BCUT2D eigenvalue weighted by Gasteiger charge is 2.39. The quantitative estimate of drug-likeness (QED) is 0.746. The van der Waals surface area contributed by atoms with Crippen LogP contribution >= 0.6 is 15.9 Å². The van der Waals surface area contributed by atoms with Gasteiger partial charge in [0, 0.05) is 18.4 Å². The number of rotatable bonds is 3. The Balaban J connectivity index is 2.33. The van der Waals surface area contributed by atoms with Gasteiger partial charge in [0.05, 0.1) is 10.5 Å². The summed E-state index contributed by atoms with van der Waals surface area (Å²) in [5, 5.41) is 0.778. The summed E-state index contributed by atoms with van der Waals surface area (Å²) < 4.78 is 65.0. The van der Waals surface area contributed by atoms with Gasteiger partial charge in [0.2, 0.25) is 10.0 Å². The van der Waals surface area contributed by atoms with Crippen molar-refractivity contribution < 1.29 is 21.6 Å².